The summed E-state index contributed by atoms with van der Waals surface area (Å²) in [5.74, 6) is 0.216. The summed E-state index contributed by atoms with van der Waals surface area (Å²) in [5.41, 5.74) is -0.269. The molecule has 2 amide bonds. The van der Waals surface area contributed by atoms with Gasteiger partial charge in [0.25, 0.3) is 0 Å². The number of nitrogens with one attached hydrogen (secondary N) is 2. The fraction of sp³-hybridized carbons (Fsp3) is 0.933. The normalized spacial score (nSPS) is 29.7. The lowest BCUT2D eigenvalue weighted by Gasteiger charge is -2.59. The van der Waals surface area contributed by atoms with Gasteiger partial charge in [0, 0.05) is 25.1 Å². The number of carbonyl (C=O) groups is 1. The van der Waals surface area contributed by atoms with Crippen molar-refractivity contribution in [3.63, 3.8) is 0 Å². The predicted molar refractivity (Wildman–Crippen MR) is 79.6 cm³/mol. The van der Waals surface area contributed by atoms with Crippen LogP contribution < -0.4 is 10.6 Å². The van der Waals surface area contributed by atoms with Crippen LogP contribution in [0.1, 0.15) is 47.5 Å². The summed E-state index contributed by atoms with van der Waals surface area (Å²) in [6, 6.07) is -0.0559. The Bertz CT molecular complexity index is 344. The minimum Gasteiger partial charge on any atom is -0.393 e. The Hall–Kier alpha value is -0.810. The molecule has 0 aliphatic heterocycles. The van der Waals surface area contributed by atoms with E-state index in [1.54, 1.807) is 7.11 Å². The standard InChI is InChI=1S/C15H30N2O3/c1-10(2)11(18)7-8-16-13(19)17-12-9-15(5,20-6)14(12,3)4/h10-12,18H,7-9H2,1-6H3,(H2,16,17,19). The molecule has 0 aromatic carbocycles. The van der Waals surface area contributed by atoms with Crippen molar-refractivity contribution < 1.29 is 14.6 Å². The molecule has 0 aromatic rings. The molecule has 0 spiro atoms. The Morgan fingerprint density at radius 3 is 2.45 bits per heavy atom. The van der Waals surface area contributed by atoms with Crippen molar-refractivity contribution >= 4 is 6.03 Å². The van der Waals surface area contributed by atoms with Crippen LogP contribution in [0.15, 0.2) is 0 Å². The lowest BCUT2D eigenvalue weighted by atomic mass is 9.56. The highest BCUT2D eigenvalue weighted by Crippen LogP contribution is 2.51. The van der Waals surface area contributed by atoms with Gasteiger partial charge in [0.1, 0.15) is 0 Å². The maximum Gasteiger partial charge on any atom is 0.315 e. The molecule has 5 heteroatoms. The monoisotopic (exact) mass is 286 g/mol. The van der Waals surface area contributed by atoms with Crippen LogP contribution in [0.4, 0.5) is 4.79 Å². The van der Waals surface area contributed by atoms with Crippen LogP contribution in [0.5, 0.6) is 0 Å². The Morgan fingerprint density at radius 2 is 2.00 bits per heavy atom. The number of aliphatic hydroxyl groups is 1. The number of urea groups is 1. The lowest BCUT2D eigenvalue weighted by Crippen LogP contribution is -2.69. The highest BCUT2D eigenvalue weighted by molar-refractivity contribution is 5.74. The smallest absolute Gasteiger partial charge is 0.315 e. The number of methoxy groups -OCH3 is 1. The molecular weight excluding hydrogens is 256 g/mol. The Labute approximate surface area is 122 Å². The number of hydrogen-bond donors (Lipinski definition) is 3. The first kappa shape index (κ1) is 17.2. The summed E-state index contributed by atoms with van der Waals surface area (Å²) in [4.78, 5) is 11.8. The highest BCUT2D eigenvalue weighted by atomic mass is 16.5. The lowest BCUT2D eigenvalue weighted by molar-refractivity contribution is -0.177. The summed E-state index contributed by atoms with van der Waals surface area (Å²) >= 11 is 0. The summed E-state index contributed by atoms with van der Waals surface area (Å²) in [7, 11) is 1.71. The van der Waals surface area contributed by atoms with Gasteiger partial charge in [0.05, 0.1) is 11.7 Å². The van der Waals surface area contributed by atoms with Crippen LogP contribution >= 0.6 is 0 Å². The first-order valence-corrected chi connectivity index (χ1v) is 7.41. The summed E-state index contributed by atoms with van der Waals surface area (Å²) in [6.07, 6.45) is 1.03. The minimum atomic E-state index is -0.368. The molecule has 0 saturated heterocycles. The molecule has 1 rings (SSSR count). The van der Waals surface area contributed by atoms with Gasteiger partial charge < -0.3 is 20.5 Å². The molecule has 3 N–H and O–H groups in total. The van der Waals surface area contributed by atoms with Gasteiger partial charge in [-0.3, -0.25) is 0 Å². The SMILES string of the molecule is COC1(C)CC(NC(=O)NCCC(O)C(C)C)C1(C)C. The van der Waals surface area contributed by atoms with E-state index in [9.17, 15) is 9.90 Å². The number of carbonyl (C=O) groups excluding carboxylic acids is 1. The molecule has 1 fully saturated rings. The Balaban J connectivity index is 2.31. The van der Waals surface area contributed by atoms with Gasteiger partial charge in [-0.2, -0.15) is 0 Å². The largest absolute Gasteiger partial charge is 0.393 e. The molecule has 1 aliphatic carbocycles. The van der Waals surface area contributed by atoms with Crippen molar-refractivity contribution in [2.45, 2.75) is 65.2 Å². The Morgan fingerprint density at radius 1 is 1.40 bits per heavy atom. The van der Waals surface area contributed by atoms with Crippen LogP contribution in [-0.2, 0) is 4.74 Å². The van der Waals surface area contributed by atoms with E-state index in [2.05, 4.69) is 31.4 Å². The van der Waals surface area contributed by atoms with E-state index in [0.717, 1.165) is 6.42 Å². The molecule has 5 nitrogen and oxygen atoms in total. The quantitative estimate of drug-likeness (QED) is 0.698. The number of hydrogen-bond acceptors (Lipinski definition) is 3. The topological polar surface area (TPSA) is 70.6 Å². The van der Waals surface area contributed by atoms with E-state index < -0.39 is 0 Å². The van der Waals surface area contributed by atoms with Gasteiger partial charge in [-0.1, -0.05) is 27.7 Å². The zero-order chi connectivity index (χ0) is 15.6. The molecule has 1 saturated carbocycles. The summed E-state index contributed by atoms with van der Waals surface area (Å²) in [5, 5.41) is 15.5. The van der Waals surface area contributed by atoms with Gasteiger partial charge >= 0.3 is 6.03 Å². The predicted octanol–water partition coefficient (Wildman–Crippen LogP) is 1.90. The summed E-state index contributed by atoms with van der Waals surface area (Å²) in [6.45, 7) is 10.7. The van der Waals surface area contributed by atoms with Crippen molar-refractivity contribution in [3.05, 3.63) is 0 Å². The Kier molecular flexibility index (Phi) is 5.44. The van der Waals surface area contributed by atoms with Crippen LogP contribution in [0.25, 0.3) is 0 Å². The molecule has 0 radical (unpaired) electrons. The molecule has 0 heterocycles. The van der Waals surface area contributed by atoms with Crippen molar-refractivity contribution in [1.29, 1.82) is 0 Å². The molecule has 0 aromatic heterocycles. The zero-order valence-corrected chi connectivity index (χ0v) is 13.6. The van der Waals surface area contributed by atoms with Gasteiger partial charge in [-0.05, 0) is 25.7 Å². The maximum atomic E-state index is 11.8. The maximum absolute atomic E-state index is 11.8. The number of rotatable bonds is 6. The van der Waals surface area contributed by atoms with Gasteiger partial charge in [-0.25, -0.2) is 4.79 Å². The van der Waals surface area contributed by atoms with Crippen LogP contribution in [0.3, 0.4) is 0 Å². The van der Waals surface area contributed by atoms with Gasteiger partial charge in [0.15, 0.2) is 0 Å². The third kappa shape index (κ3) is 3.44. The van der Waals surface area contributed by atoms with Crippen molar-refractivity contribution in [1.82, 2.24) is 10.6 Å². The fourth-order valence-electron chi connectivity index (χ4n) is 2.60. The first-order valence-electron chi connectivity index (χ1n) is 7.41. The molecule has 20 heavy (non-hydrogen) atoms. The van der Waals surface area contributed by atoms with E-state index in [-0.39, 0.29) is 35.1 Å². The van der Waals surface area contributed by atoms with Crippen molar-refractivity contribution in [2.24, 2.45) is 11.3 Å². The molecular formula is C15H30N2O3. The third-order valence-electron chi connectivity index (χ3n) is 5.08. The molecule has 1 aliphatic rings. The van der Waals surface area contributed by atoms with Gasteiger partial charge in [0.2, 0.25) is 0 Å². The average molecular weight is 286 g/mol. The average Bonchev–Trinajstić information content (AvgIpc) is 2.37. The van der Waals surface area contributed by atoms with E-state index in [4.69, 9.17) is 4.74 Å². The van der Waals surface area contributed by atoms with E-state index in [0.29, 0.717) is 13.0 Å². The zero-order valence-electron chi connectivity index (χ0n) is 13.6. The van der Waals surface area contributed by atoms with Crippen LogP contribution in [-0.4, -0.2) is 42.5 Å². The van der Waals surface area contributed by atoms with E-state index in [1.165, 1.54) is 0 Å². The van der Waals surface area contributed by atoms with Crippen LogP contribution in [0, 0.1) is 11.3 Å². The third-order valence-corrected chi connectivity index (χ3v) is 5.08. The van der Waals surface area contributed by atoms with Crippen LogP contribution in [0.2, 0.25) is 0 Å². The van der Waals surface area contributed by atoms with Gasteiger partial charge in [-0.15, -0.1) is 0 Å². The second-order valence-electron chi connectivity index (χ2n) is 6.91. The van der Waals surface area contributed by atoms with E-state index >= 15 is 0 Å². The second kappa shape index (κ2) is 6.31. The fourth-order valence-corrected chi connectivity index (χ4v) is 2.60. The number of amides is 2. The van der Waals surface area contributed by atoms with Crippen molar-refractivity contribution in [2.75, 3.05) is 13.7 Å². The summed E-state index contributed by atoms with van der Waals surface area (Å²) < 4.78 is 5.53. The number of aliphatic hydroxyl groups excluding tert-OH is 1. The molecule has 3 atom stereocenters. The minimum absolute atomic E-state index is 0.0868. The molecule has 118 valence electrons. The molecule has 3 unspecified atom stereocenters. The van der Waals surface area contributed by atoms with Crippen molar-refractivity contribution in [3.8, 4) is 0 Å². The second-order valence-corrected chi connectivity index (χ2v) is 6.91. The molecule has 0 bridgehead atoms. The first-order chi connectivity index (χ1) is 9.14. The highest BCUT2D eigenvalue weighted by Gasteiger charge is 2.58. The number of ether oxygens (including phenoxy) is 1. The van der Waals surface area contributed by atoms with E-state index in [1.807, 2.05) is 13.8 Å².